The Balaban J connectivity index is 2.23. The fraction of sp³-hybridized carbons (Fsp3) is 0.750. The van der Waals surface area contributed by atoms with Gasteiger partial charge in [-0.05, 0) is 32.4 Å². The highest BCUT2D eigenvalue weighted by Gasteiger charge is 2.03. The normalized spacial score (nSPS) is 14.8. The topological polar surface area (TPSA) is 46.9 Å². The summed E-state index contributed by atoms with van der Waals surface area (Å²) < 4.78 is 12.9. The Kier molecular flexibility index (Phi) is 6.44. The van der Waals surface area contributed by atoms with Crippen molar-refractivity contribution < 1.29 is 4.21 Å². The van der Waals surface area contributed by atoms with Gasteiger partial charge >= 0.3 is 0 Å². The zero-order valence-corrected chi connectivity index (χ0v) is 11.8. The molecular weight excluding hydrogens is 234 g/mol. The molecule has 0 aliphatic rings. The summed E-state index contributed by atoms with van der Waals surface area (Å²) in [5.74, 6) is 0.772. The van der Waals surface area contributed by atoms with Crippen molar-refractivity contribution in [1.82, 2.24) is 15.1 Å². The van der Waals surface area contributed by atoms with Crippen LogP contribution in [0.5, 0.6) is 0 Å². The number of aromatic nitrogens is 2. The maximum Gasteiger partial charge on any atom is 0.0762 e. The second-order valence-corrected chi connectivity index (χ2v) is 5.91. The van der Waals surface area contributed by atoms with E-state index in [4.69, 9.17) is 0 Å². The lowest BCUT2D eigenvalue weighted by molar-refractivity contribution is 0.471. The van der Waals surface area contributed by atoms with Gasteiger partial charge in [0.2, 0.25) is 0 Å². The molecule has 1 aromatic rings. The monoisotopic (exact) mass is 257 g/mol. The third-order valence-electron chi connectivity index (χ3n) is 2.80. The molecule has 0 aliphatic carbocycles. The van der Waals surface area contributed by atoms with Crippen molar-refractivity contribution in [2.75, 3.05) is 18.6 Å². The van der Waals surface area contributed by atoms with E-state index >= 15 is 0 Å². The van der Waals surface area contributed by atoms with Gasteiger partial charge in [-0.15, -0.1) is 0 Å². The number of hydrogen-bond donors (Lipinski definition) is 1. The van der Waals surface area contributed by atoms with Crippen molar-refractivity contribution in [2.45, 2.75) is 39.3 Å². The summed E-state index contributed by atoms with van der Waals surface area (Å²) in [4.78, 5) is 0. The first-order chi connectivity index (χ1) is 8.13. The molecule has 98 valence electrons. The summed E-state index contributed by atoms with van der Waals surface area (Å²) in [5, 5.41) is 7.82. The Labute approximate surface area is 106 Å². The van der Waals surface area contributed by atoms with E-state index in [1.807, 2.05) is 10.9 Å². The van der Waals surface area contributed by atoms with Crippen molar-refractivity contribution >= 4 is 10.8 Å². The summed E-state index contributed by atoms with van der Waals surface area (Å²) >= 11 is 0. The highest BCUT2D eigenvalue weighted by Crippen LogP contribution is 2.08. The van der Waals surface area contributed by atoms with Crippen LogP contribution in [0.25, 0.3) is 0 Å². The zero-order chi connectivity index (χ0) is 12.7. The molecule has 0 saturated heterocycles. The summed E-state index contributed by atoms with van der Waals surface area (Å²) in [6, 6.07) is 2.52. The van der Waals surface area contributed by atoms with Crippen LogP contribution in [0.15, 0.2) is 12.3 Å². The van der Waals surface area contributed by atoms with Crippen molar-refractivity contribution in [3.63, 3.8) is 0 Å². The van der Waals surface area contributed by atoms with Crippen LogP contribution < -0.4 is 5.32 Å². The molecule has 1 aromatic heterocycles. The first-order valence-electron chi connectivity index (χ1n) is 6.18. The van der Waals surface area contributed by atoms with Gasteiger partial charge in [0.15, 0.2) is 0 Å². The number of nitrogens with zero attached hydrogens (tertiary/aromatic N) is 2. The van der Waals surface area contributed by atoms with E-state index in [2.05, 4.69) is 30.3 Å². The van der Waals surface area contributed by atoms with Gasteiger partial charge in [0.05, 0.1) is 5.69 Å². The molecule has 0 radical (unpaired) electrons. The minimum Gasteiger partial charge on any atom is -0.311 e. The summed E-state index contributed by atoms with van der Waals surface area (Å²) in [6.45, 7) is 6.02. The molecule has 0 fully saturated rings. The van der Waals surface area contributed by atoms with E-state index in [1.165, 1.54) is 0 Å². The lowest BCUT2D eigenvalue weighted by atomic mass is 10.3. The average molecular weight is 257 g/mol. The van der Waals surface area contributed by atoms with Gasteiger partial charge in [-0.25, -0.2) is 0 Å². The molecule has 0 bridgehead atoms. The molecule has 0 aromatic carbocycles. The predicted octanol–water partition coefficient (Wildman–Crippen LogP) is 1.71. The fourth-order valence-electron chi connectivity index (χ4n) is 1.52. The molecule has 1 heterocycles. The highest BCUT2D eigenvalue weighted by molar-refractivity contribution is 7.84. The van der Waals surface area contributed by atoms with Crippen LogP contribution in [0.4, 0.5) is 0 Å². The van der Waals surface area contributed by atoms with Gasteiger partial charge in [0.25, 0.3) is 0 Å². The second kappa shape index (κ2) is 7.61. The number of nitrogens with one attached hydrogen (secondary N) is 1. The van der Waals surface area contributed by atoms with E-state index < -0.39 is 10.8 Å². The molecule has 17 heavy (non-hydrogen) atoms. The lowest BCUT2D eigenvalue weighted by Crippen LogP contribution is -2.17. The standard InChI is InChI=1S/C12H23N3OS/c1-4-11(2)15-8-6-12(14-15)10-13-7-5-9-17(3)16/h6,8,11,13H,4-5,7,9-10H2,1-3H3. The summed E-state index contributed by atoms with van der Waals surface area (Å²) in [6.07, 6.45) is 5.83. The zero-order valence-electron chi connectivity index (χ0n) is 11.0. The van der Waals surface area contributed by atoms with Gasteiger partial charge in [-0.3, -0.25) is 8.89 Å². The predicted molar refractivity (Wildman–Crippen MR) is 72.5 cm³/mol. The molecule has 0 aliphatic heterocycles. The SMILES string of the molecule is CCC(C)n1ccc(CNCCCS(C)=O)n1. The van der Waals surface area contributed by atoms with Gasteiger partial charge < -0.3 is 5.32 Å². The first-order valence-corrected chi connectivity index (χ1v) is 7.91. The van der Waals surface area contributed by atoms with E-state index in [0.29, 0.717) is 6.04 Å². The van der Waals surface area contributed by atoms with Crippen LogP contribution in [0.3, 0.4) is 0 Å². The van der Waals surface area contributed by atoms with Crippen LogP contribution in [-0.2, 0) is 17.3 Å². The second-order valence-electron chi connectivity index (χ2n) is 4.35. The van der Waals surface area contributed by atoms with Gasteiger partial charge in [0, 0.05) is 41.6 Å². The van der Waals surface area contributed by atoms with Crippen LogP contribution in [0, 0.1) is 0 Å². The quantitative estimate of drug-likeness (QED) is 0.721. The Hall–Kier alpha value is -0.680. The highest BCUT2D eigenvalue weighted by atomic mass is 32.2. The van der Waals surface area contributed by atoms with Crippen LogP contribution >= 0.6 is 0 Å². The van der Waals surface area contributed by atoms with Crippen LogP contribution in [0.2, 0.25) is 0 Å². The average Bonchev–Trinajstić information content (AvgIpc) is 2.76. The molecule has 0 amide bonds. The van der Waals surface area contributed by atoms with Gasteiger partial charge in [-0.2, -0.15) is 5.10 Å². The Morgan fingerprint density at radius 2 is 2.35 bits per heavy atom. The third kappa shape index (κ3) is 5.46. The number of rotatable bonds is 8. The maximum absolute atomic E-state index is 10.9. The van der Waals surface area contributed by atoms with Gasteiger partial charge in [0.1, 0.15) is 0 Å². The van der Waals surface area contributed by atoms with Crippen molar-refractivity contribution in [3.8, 4) is 0 Å². The van der Waals surface area contributed by atoms with Crippen molar-refractivity contribution in [3.05, 3.63) is 18.0 Å². The van der Waals surface area contributed by atoms with Crippen LogP contribution in [0.1, 0.15) is 38.4 Å². The minimum atomic E-state index is -0.677. The van der Waals surface area contributed by atoms with Gasteiger partial charge in [-0.1, -0.05) is 6.92 Å². The molecule has 1 N–H and O–H groups in total. The van der Waals surface area contributed by atoms with E-state index in [0.717, 1.165) is 37.4 Å². The largest absolute Gasteiger partial charge is 0.311 e. The van der Waals surface area contributed by atoms with E-state index in [-0.39, 0.29) is 0 Å². The summed E-state index contributed by atoms with van der Waals surface area (Å²) in [5.41, 5.74) is 1.07. The first kappa shape index (κ1) is 14.4. The van der Waals surface area contributed by atoms with E-state index in [1.54, 1.807) is 6.26 Å². The molecule has 0 spiro atoms. The molecular formula is C12H23N3OS. The Bertz CT molecular complexity index is 351. The minimum absolute atomic E-state index is 0.464. The van der Waals surface area contributed by atoms with E-state index in [9.17, 15) is 4.21 Å². The molecule has 2 unspecified atom stereocenters. The van der Waals surface area contributed by atoms with Crippen LogP contribution in [-0.4, -0.2) is 32.5 Å². The summed E-state index contributed by atoms with van der Waals surface area (Å²) in [7, 11) is -0.677. The Morgan fingerprint density at radius 3 is 3.00 bits per heavy atom. The third-order valence-corrected chi connectivity index (χ3v) is 3.66. The molecule has 1 rings (SSSR count). The molecule has 2 atom stereocenters. The molecule has 0 saturated carbocycles. The molecule has 5 heteroatoms. The smallest absolute Gasteiger partial charge is 0.0762 e. The Morgan fingerprint density at radius 1 is 1.59 bits per heavy atom. The van der Waals surface area contributed by atoms with Crippen molar-refractivity contribution in [1.29, 1.82) is 0 Å². The molecule has 4 nitrogen and oxygen atoms in total. The fourth-order valence-corrected chi connectivity index (χ4v) is 2.07. The van der Waals surface area contributed by atoms with Crippen molar-refractivity contribution in [2.24, 2.45) is 0 Å². The lowest BCUT2D eigenvalue weighted by Gasteiger charge is -2.08. The maximum atomic E-state index is 10.9. The number of hydrogen-bond acceptors (Lipinski definition) is 3.